The molecule has 2 N–H and O–H groups in total. The highest BCUT2D eigenvalue weighted by molar-refractivity contribution is 4.83. The number of aliphatic hydroxyl groups excluding tert-OH is 1. The average Bonchev–Trinajstić information content (AvgIpc) is 2.71. The van der Waals surface area contributed by atoms with Gasteiger partial charge in [0.15, 0.2) is 0 Å². The lowest BCUT2D eigenvalue weighted by molar-refractivity contribution is 0.107. The molecule has 1 aliphatic carbocycles. The minimum absolute atomic E-state index is 0.173. The van der Waals surface area contributed by atoms with Gasteiger partial charge in [-0.2, -0.15) is 0 Å². The van der Waals surface area contributed by atoms with Crippen molar-refractivity contribution < 1.29 is 5.11 Å². The molecule has 0 saturated heterocycles. The zero-order chi connectivity index (χ0) is 11.3. The molecule has 90 valence electrons. The van der Waals surface area contributed by atoms with Crippen LogP contribution in [0.4, 0.5) is 0 Å². The minimum atomic E-state index is -0.173. The largest absolute Gasteiger partial charge is 0.392 e. The van der Waals surface area contributed by atoms with Gasteiger partial charge in [0, 0.05) is 12.6 Å². The monoisotopic (exact) mass is 213 g/mol. The van der Waals surface area contributed by atoms with E-state index in [1.54, 1.807) is 0 Å². The molecule has 2 heteroatoms. The zero-order valence-electron chi connectivity index (χ0n) is 10.5. The average molecular weight is 213 g/mol. The molecule has 2 nitrogen and oxygen atoms in total. The molecule has 1 aliphatic rings. The SMILES string of the molecule is CCC(C)C(O)CNC1CCCC1CC. The van der Waals surface area contributed by atoms with Crippen molar-refractivity contribution in [3.05, 3.63) is 0 Å². The van der Waals surface area contributed by atoms with Gasteiger partial charge in [-0.1, -0.05) is 40.0 Å². The summed E-state index contributed by atoms with van der Waals surface area (Å²) in [4.78, 5) is 0. The lowest BCUT2D eigenvalue weighted by Gasteiger charge is -2.24. The van der Waals surface area contributed by atoms with Gasteiger partial charge in [0.25, 0.3) is 0 Å². The molecule has 1 fully saturated rings. The number of nitrogens with one attached hydrogen (secondary N) is 1. The van der Waals surface area contributed by atoms with Gasteiger partial charge in [-0.25, -0.2) is 0 Å². The van der Waals surface area contributed by atoms with Gasteiger partial charge in [0.2, 0.25) is 0 Å². The molecule has 0 amide bonds. The molecular weight excluding hydrogens is 186 g/mol. The fourth-order valence-electron chi connectivity index (χ4n) is 2.54. The van der Waals surface area contributed by atoms with Crippen LogP contribution in [0.3, 0.4) is 0 Å². The first-order valence-corrected chi connectivity index (χ1v) is 6.60. The van der Waals surface area contributed by atoms with Crippen molar-refractivity contribution >= 4 is 0 Å². The lowest BCUT2D eigenvalue weighted by atomic mass is 9.98. The maximum atomic E-state index is 9.87. The maximum absolute atomic E-state index is 9.87. The van der Waals surface area contributed by atoms with E-state index in [9.17, 15) is 5.11 Å². The summed E-state index contributed by atoms with van der Waals surface area (Å²) in [6.45, 7) is 7.31. The smallest absolute Gasteiger partial charge is 0.0690 e. The summed E-state index contributed by atoms with van der Waals surface area (Å²) >= 11 is 0. The summed E-state index contributed by atoms with van der Waals surface area (Å²) in [5, 5.41) is 13.4. The van der Waals surface area contributed by atoms with Gasteiger partial charge in [0.05, 0.1) is 6.10 Å². The molecule has 0 aromatic carbocycles. The van der Waals surface area contributed by atoms with Gasteiger partial charge in [-0.15, -0.1) is 0 Å². The van der Waals surface area contributed by atoms with E-state index in [0.29, 0.717) is 12.0 Å². The van der Waals surface area contributed by atoms with Gasteiger partial charge in [0.1, 0.15) is 0 Å². The van der Waals surface area contributed by atoms with Crippen LogP contribution in [0.15, 0.2) is 0 Å². The van der Waals surface area contributed by atoms with Crippen molar-refractivity contribution in [1.29, 1.82) is 0 Å². The Morgan fingerprint density at radius 1 is 1.33 bits per heavy atom. The van der Waals surface area contributed by atoms with E-state index >= 15 is 0 Å². The minimum Gasteiger partial charge on any atom is -0.392 e. The van der Waals surface area contributed by atoms with Crippen LogP contribution in [0.2, 0.25) is 0 Å². The summed E-state index contributed by atoms with van der Waals surface area (Å²) in [5.41, 5.74) is 0. The van der Waals surface area contributed by atoms with Gasteiger partial charge in [-0.05, 0) is 24.7 Å². The fourth-order valence-corrected chi connectivity index (χ4v) is 2.54. The molecule has 0 aliphatic heterocycles. The van der Waals surface area contributed by atoms with E-state index in [4.69, 9.17) is 0 Å². The standard InChI is InChI=1S/C13H27NO/c1-4-10(3)13(15)9-14-12-8-6-7-11(12)5-2/h10-15H,4-9H2,1-3H3. The molecule has 1 rings (SSSR count). The molecule has 4 unspecified atom stereocenters. The van der Waals surface area contributed by atoms with Crippen molar-refractivity contribution in [2.45, 2.75) is 65.0 Å². The molecule has 0 radical (unpaired) electrons. The Hall–Kier alpha value is -0.0800. The molecule has 0 aromatic heterocycles. The Labute approximate surface area is 94.5 Å². The first kappa shape index (κ1) is 13.0. The van der Waals surface area contributed by atoms with E-state index < -0.39 is 0 Å². The van der Waals surface area contributed by atoms with Gasteiger partial charge < -0.3 is 10.4 Å². The molecule has 0 heterocycles. The van der Waals surface area contributed by atoms with E-state index in [0.717, 1.165) is 18.9 Å². The highest BCUT2D eigenvalue weighted by Gasteiger charge is 2.26. The van der Waals surface area contributed by atoms with Crippen LogP contribution in [0.1, 0.15) is 52.9 Å². The third-order valence-electron chi connectivity index (χ3n) is 4.07. The number of rotatable bonds is 6. The predicted molar refractivity (Wildman–Crippen MR) is 64.9 cm³/mol. The van der Waals surface area contributed by atoms with Crippen molar-refractivity contribution in [2.75, 3.05) is 6.54 Å². The van der Waals surface area contributed by atoms with Gasteiger partial charge in [-0.3, -0.25) is 0 Å². The van der Waals surface area contributed by atoms with Crippen LogP contribution >= 0.6 is 0 Å². The summed E-state index contributed by atoms with van der Waals surface area (Å²) in [5.74, 6) is 1.26. The summed E-state index contributed by atoms with van der Waals surface area (Å²) in [6.07, 6.45) is 6.18. The third-order valence-corrected chi connectivity index (χ3v) is 4.07. The van der Waals surface area contributed by atoms with E-state index in [1.165, 1.54) is 25.7 Å². The van der Waals surface area contributed by atoms with Crippen molar-refractivity contribution in [3.8, 4) is 0 Å². The molecule has 1 saturated carbocycles. The Morgan fingerprint density at radius 3 is 2.67 bits per heavy atom. The van der Waals surface area contributed by atoms with Crippen LogP contribution in [0, 0.1) is 11.8 Å². The lowest BCUT2D eigenvalue weighted by Crippen LogP contribution is -2.39. The third kappa shape index (κ3) is 3.76. The Kier molecular flexibility index (Phi) is 5.62. The second-order valence-electron chi connectivity index (χ2n) is 5.07. The predicted octanol–water partition coefficient (Wildman–Crippen LogP) is 2.56. The second-order valence-corrected chi connectivity index (χ2v) is 5.07. The summed E-state index contributed by atoms with van der Waals surface area (Å²) in [7, 11) is 0. The van der Waals surface area contributed by atoms with Crippen molar-refractivity contribution in [1.82, 2.24) is 5.32 Å². The Balaban J connectivity index is 2.24. The van der Waals surface area contributed by atoms with E-state index in [1.807, 2.05) is 0 Å². The fraction of sp³-hybridized carbons (Fsp3) is 1.00. The van der Waals surface area contributed by atoms with Crippen molar-refractivity contribution in [3.63, 3.8) is 0 Å². The highest BCUT2D eigenvalue weighted by atomic mass is 16.3. The topological polar surface area (TPSA) is 32.3 Å². The Bertz CT molecular complexity index is 172. The number of hydrogen-bond donors (Lipinski definition) is 2. The molecule has 0 bridgehead atoms. The van der Waals surface area contributed by atoms with Crippen LogP contribution in [-0.4, -0.2) is 23.8 Å². The normalized spacial score (nSPS) is 30.4. The quantitative estimate of drug-likeness (QED) is 0.711. The van der Waals surface area contributed by atoms with Crippen LogP contribution in [-0.2, 0) is 0 Å². The summed E-state index contributed by atoms with van der Waals surface area (Å²) < 4.78 is 0. The van der Waals surface area contributed by atoms with E-state index in [-0.39, 0.29) is 6.10 Å². The van der Waals surface area contributed by atoms with Crippen molar-refractivity contribution in [2.24, 2.45) is 11.8 Å². The molecule has 0 aromatic rings. The van der Waals surface area contributed by atoms with Crippen LogP contribution in [0.25, 0.3) is 0 Å². The molecule has 15 heavy (non-hydrogen) atoms. The molecular formula is C13H27NO. The number of hydrogen-bond acceptors (Lipinski definition) is 2. The van der Waals surface area contributed by atoms with Gasteiger partial charge >= 0.3 is 0 Å². The van der Waals surface area contributed by atoms with Crippen LogP contribution in [0.5, 0.6) is 0 Å². The highest BCUT2D eigenvalue weighted by Crippen LogP contribution is 2.28. The van der Waals surface area contributed by atoms with Crippen LogP contribution < -0.4 is 5.32 Å². The Morgan fingerprint density at radius 2 is 2.07 bits per heavy atom. The molecule has 4 atom stereocenters. The maximum Gasteiger partial charge on any atom is 0.0690 e. The number of aliphatic hydroxyl groups is 1. The first-order valence-electron chi connectivity index (χ1n) is 6.60. The first-order chi connectivity index (χ1) is 7.19. The zero-order valence-corrected chi connectivity index (χ0v) is 10.5. The molecule has 0 spiro atoms. The van der Waals surface area contributed by atoms with E-state index in [2.05, 4.69) is 26.1 Å². The second kappa shape index (κ2) is 6.49. The summed E-state index contributed by atoms with van der Waals surface area (Å²) in [6, 6.07) is 0.661.